The summed E-state index contributed by atoms with van der Waals surface area (Å²) in [5.41, 5.74) is -1.01. The first-order chi connectivity index (χ1) is 11.6. The number of nitrogens with one attached hydrogen (secondary N) is 1. The zero-order chi connectivity index (χ0) is 18.9. The summed E-state index contributed by atoms with van der Waals surface area (Å²) in [5, 5.41) is 1.41. The Morgan fingerprint density at radius 3 is 2.12 bits per heavy atom. The molecule has 0 aliphatic carbocycles. The van der Waals surface area contributed by atoms with E-state index in [9.17, 15) is 18.4 Å². The molecule has 2 aromatic carbocycles. The van der Waals surface area contributed by atoms with E-state index in [1.54, 1.807) is 5.32 Å². The van der Waals surface area contributed by atoms with Crippen molar-refractivity contribution < 1.29 is 18.4 Å². The summed E-state index contributed by atoms with van der Waals surface area (Å²) >= 11 is 27.4. The molecule has 132 valence electrons. The normalized spacial score (nSPS) is 10.5. The molecule has 0 aliphatic rings. The van der Waals surface area contributed by atoms with Gasteiger partial charge < -0.3 is 0 Å². The number of hydrogen-bond donors (Lipinski definition) is 2. The van der Waals surface area contributed by atoms with E-state index >= 15 is 0 Å². The first-order valence-corrected chi connectivity index (χ1v) is 8.17. The Morgan fingerprint density at radius 1 is 1.00 bits per heavy atom. The predicted octanol–water partition coefficient (Wildman–Crippen LogP) is 5.78. The fraction of sp³-hybridized carbons (Fsp3) is 0. The summed E-state index contributed by atoms with van der Waals surface area (Å²) in [7, 11) is 0. The molecular formula is C14H6Cl4F2N2O2S. The maximum Gasteiger partial charge on any atom is 0.338 e. The number of urea groups is 1. The van der Waals surface area contributed by atoms with Gasteiger partial charge in [0.05, 0.1) is 25.8 Å². The van der Waals surface area contributed by atoms with Gasteiger partial charge >= 0.3 is 6.03 Å². The largest absolute Gasteiger partial charge is 0.338 e. The Labute approximate surface area is 166 Å². The third kappa shape index (κ3) is 4.12. The Bertz CT molecular complexity index is 862. The van der Waals surface area contributed by atoms with Gasteiger partial charge in [-0.2, -0.15) is 0 Å². The minimum Gasteiger partial charge on any atom is -0.273 e. The van der Waals surface area contributed by atoms with Crippen LogP contribution >= 0.6 is 59.2 Å². The topological polar surface area (TPSA) is 49.4 Å². The van der Waals surface area contributed by atoms with Crippen molar-refractivity contribution in [2.75, 3.05) is 4.31 Å². The summed E-state index contributed by atoms with van der Waals surface area (Å²) in [6.45, 7) is 0. The lowest BCUT2D eigenvalue weighted by molar-refractivity contribution is 0.0958. The fourth-order valence-electron chi connectivity index (χ4n) is 1.75. The lowest BCUT2D eigenvalue weighted by atomic mass is 10.2. The van der Waals surface area contributed by atoms with Crippen LogP contribution in [0.5, 0.6) is 0 Å². The van der Waals surface area contributed by atoms with E-state index in [4.69, 9.17) is 46.4 Å². The Kier molecular flexibility index (Phi) is 6.40. The van der Waals surface area contributed by atoms with Crippen molar-refractivity contribution in [3.05, 3.63) is 61.6 Å². The molecule has 1 N–H and O–H groups in total. The van der Waals surface area contributed by atoms with E-state index < -0.39 is 29.1 Å². The highest BCUT2D eigenvalue weighted by Gasteiger charge is 2.24. The molecule has 0 radical (unpaired) electrons. The van der Waals surface area contributed by atoms with Crippen molar-refractivity contribution >= 4 is 76.8 Å². The number of carbonyl (C=O) groups excluding carboxylic acids is 2. The lowest BCUT2D eigenvalue weighted by Gasteiger charge is -2.19. The van der Waals surface area contributed by atoms with Crippen LogP contribution in [0.3, 0.4) is 0 Å². The third-order valence-corrected chi connectivity index (χ3v) is 5.05. The Balaban J connectivity index is 2.29. The standard InChI is InChI=1S/C14H6Cl4F2N2O2S/c15-5-4-8(11(17)12(18)10(5)16)22(25)14(24)21-13(23)9-6(19)2-1-3-7(9)20/h1-4,25H,(H,21,23,24). The average molecular weight is 446 g/mol. The van der Waals surface area contributed by atoms with Gasteiger partial charge in [-0.1, -0.05) is 65.3 Å². The number of amides is 3. The molecule has 0 aliphatic heterocycles. The van der Waals surface area contributed by atoms with Crippen molar-refractivity contribution in [1.29, 1.82) is 0 Å². The molecule has 25 heavy (non-hydrogen) atoms. The quantitative estimate of drug-likeness (QED) is 0.349. The number of anilines is 1. The first-order valence-electron chi connectivity index (χ1n) is 6.26. The van der Waals surface area contributed by atoms with Gasteiger partial charge in [-0.3, -0.25) is 10.1 Å². The molecule has 0 saturated heterocycles. The minimum atomic E-state index is -1.30. The van der Waals surface area contributed by atoms with Gasteiger partial charge in [0.1, 0.15) is 17.2 Å². The van der Waals surface area contributed by atoms with Gasteiger partial charge in [-0.15, -0.1) is 0 Å². The van der Waals surface area contributed by atoms with Gasteiger partial charge in [-0.25, -0.2) is 17.9 Å². The van der Waals surface area contributed by atoms with Crippen molar-refractivity contribution in [2.24, 2.45) is 0 Å². The highest BCUT2D eigenvalue weighted by atomic mass is 35.5. The van der Waals surface area contributed by atoms with Crippen LogP contribution in [0.1, 0.15) is 10.4 Å². The zero-order valence-corrected chi connectivity index (χ0v) is 15.7. The van der Waals surface area contributed by atoms with Crippen LogP contribution in [-0.2, 0) is 0 Å². The van der Waals surface area contributed by atoms with Crippen LogP contribution in [0, 0.1) is 11.6 Å². The van der Waals surface area contributed by atoms with Crippen LogP contribution in [0.4, 0.5) is 19.3 Å². The van der Waals surface area contributed by atoms with Crippen molar-refractivity contribution in [3.8, 4) is 0 Å². The molecule has 0 bridgehead atoms. The molecule has 0 aromatic heterocycles. The van der Waals surface area contributed by atoms with Crippen LogP contribution in [-0.4, -0.2) is 11.9 Å². The van der Waals surface area contributed by atoms with Gasteiger partial charge in [-0.05, 0) is 18.2 Å². The number of hydrogen-bond acceptors (Lipinski definition) is 3. The van der Waals surface area contributed by atoms with Gasteiger partial charge in [0.15, 0.2) is 0 Å². The van der Waals surface area contributed by atoms with Crippen LogP contribution in [0.15, 0.2) is 24.3 Å². The number of imide groups is 1. The number of carbonyl (C=O) groups is 2. The van der Waals surface area contributed by atoms with Crippen LogP contribution in [0.25, 0.3) is 0 Å². The maximum atomic E-state index is 13.6. The van der Waals surface area contributed by atoms with Gasteiger partial charge in [0, 0.05) is 0 Å². The van der Waals surface area contributed by atoms with E-state index in [0.717, 1.165) is 18.2 Å². The number of rotatable bonds is 2. The molecule has 3 amide bonds. The van der Waals surface area contributed by atoms with E-state index in [-0.39, 0.29) is 25.8 Å². The molecule has 11 heteroatoms. The molecule has 0 fully saturated rings. The summed E-state index contributed by atoms with van der Waals surface area (Å²) < 4.78 is 27.7. The number of halogens is 6. The molecular weight excluding hydrogens is 440 g/mol. The second-order valence-corrected chi connectivity index (χ2v) is 6.43. The summed E-state index contributed by atoms with van der Waals surface area (Å²) in [6, 6.07) is 2.85. The lowest BCUT2D eigenvalue weighted by Crippen LogP contribution is -2.39. The van der Waals surface area contributed by atoms with Gasteiger partial charge in [0.25, 0.3) is 5.91 Å². The summed E-state index contributed by atoms with van der Waals surface area (Å²) in [6.07, 6.45) is 0. The smallest absolute Gasteiger partial charge is 0.273 e. The molecule has 2 aromatic rings. The second-order valence-electron chi connectivity index (χ2n) is 4.49. The third-order valence-electron chi connectivity index (χ3n) is 2.91. The molecule has 2 rings (SSSR count). The predicted molar refractivity (Wildman–Crippen MR) is 97.2 cm³/mol. The second kappa shape index (κ2) is 7.97. The molecule has 0 heterocycles. The molecule has 0 atom stereocenters. The SMILES string of the molecule is O=C(NC(=O)N(S)c1cc(Cl)c(Cl)c(Cl)c1Cl)c1c(F)cccc1F. The number of thiol groups is 1. The molecule has 0 spiro atoms. The van der Waals surface area contributed by atoms with E-state index in [2.05, 4.69) is 12.8 Å². The zero-order valence-electron chi connectivity index (χ0n) is 11.8. The van der Waals surface area contributed by atoms with Crippen molar-refractivity contribution in [3.63, 3.8) is 0 Å². The minimum absolute atomic E-state index is 0.0237. The monoisotopic (exact) mass is 444 g/mol. The van der Waals surface area contributed by atoms with E-state index in [1.165, 1.54) is 6.07 Å². The number of benzene rings is 2. The summed E-state index contributed by atoms with van der Waals surface area (Å²) in [5.74, 6) is -3.57. The Hall–Kier alpha value is -1.25. The highest BCUT2D eigenvalue weighted by molar-refractivity contribution is 7.82. The van der Waals surface area contributed by atoms with Gasteiger partial charge in [0.2, 0.25) is 0 Å². The molecule has 4 nitrogen and oxygen atoms in total. The van der Waals surface area contributed by atoms with Crippen molar-refractivity contribution in [1.82, 2.24) is 5.32 Å². The van der Waals surface area contributed by atoms with Crippen molar-refractivity contribution in [2.45, 2.75) is 0 Å². The Morgan fingerprint density at radius 2 is 1.56 bits per heavy atom. The fourth-order valence-corrected chi connectivity index (χ4v) is 2.89. The summed E-state index contributed by atoms with van der Waals surface area (Å²) in [4.78, 5) is 24.0. The van der Waals surface area contributed by atoms with Crippen LogP contribution in [0.2, 0.25) is 20.1 Å². The van der Waals surface area contributed by atoms with E-state index in [0.29, 0.717) is 4.31 Å². The molecule has 0 unspecified atom stereocenters. The maximum absolute atomic E-state index is 13.6. The first kappa shape index (κ1) is 20.1. The van der Waals surface area contributed by atoms with Crippen LogP contribution < -0.4 is 9.62 Å². The molecule has 0 saturated carbocycles. The average Bonchev–Trinajstić information content (AvgIpc) is 2.55. The highest BCUT2D eigenvalue weighted by Crippen LogP contribution is 2.42. The van der Waals surface area contributed by atoms with E-state index in [1.807, 2.05) is 0 Å². The number of nitrogens with zero attached hydrogens (tertiary/aromatic N) is 1.